The Bertz CT molecular complexity index is 638. The number of hydrogen-bond acceptors (Lipinski definition) is 1. The maximum Gasteiger partial charge on any atom is 0.0994 e. The van der Waals surface area contributed by atoms with Crippen LogP contribution >= 0.6 is 0 Å². The zero-order valence-electron chi connectivity index (χ0n) is 9.09. The molecule has 0 saturated carbocycles. The molecule has 1 aromatic heterocycles. The summed E-state index contributed by atoms with van der Waals surface area (Å²) in [6.45, 7) is 2.06. The van der Waals surface area contributed by atoms with Crippen LogP contribution < -0.4 is 0 Å². The van der Waals surface area contributed by atoms with Crippen molar-refractivity contribution in [3.63, 3.8) is 0 Å². The van der Waals surface area contributed by atoms with Crippen LogP contribution in [0.2, 0.25) is 0 Å². The van der Waals surface area contributed by atoms with Gasteiger partial charge in [-0.05, 0) is 29.8 Å². The van der Waals surface area contributed by atoms with E-state index in [0.717, 1.165) is 11.4 Å². The molecule has 0 aliphatic heterocycles. The quantitative estimate of drug-likeness (QED) is 0.599. The van der Waals surface area contributed by atoms with E-state index in [1.807, 2.05) is 12.5 Å². The van der Waals surface area contributed by atoms with E-state index in [9.17, 15) is 0 Å². The average molecular weight is 208 g/mol. The van der Waals surface area contributed by atoms with E-state index in [-0.39, 0.29) is 0 Å². The molecule has 0 bridgehead atoms. The van der Waals surface area contributed by atoms with Crippen molar-refractivity contribution in [3.05, 3.63) is 60.7 Å². The van der Waals surface area contributed by atoms with Crippen LogP contribution in [0.25, 0.3) is 16.5 Å². The maximum atomic E-state index is 4.14. The van der Waals surface area contributed by atoms with Crippen molar-refractivity contribution in [2.75, 3.05) is 0 Å². The van der Waals surface area contributed by atoms with Crippen LogP contribution in [0.1, 0.15) is 5.69 Å². The molecular formula is C14H12N2. The van der Waals surface area contributed by atoms with Gasteiger partial charge in [-0.1, -0.05) is 30.3 Å². The van der Waals surface area contributed by atoms with Crippen LogP contribution in [0.5, 0.6) is 0 Å². The highest BCUT2D eigenvalue weighted by Gasteiger charge is 2.00. The largest absolute Gasteiger partial charge is 0.304 e. The van der Waals surface area contributed by atoms with E-state index in [2.05, 4.69) is 58.9 Å². The highest BCUT2D eigenvalue weighted by Crippen LogP contribution is 2.19. The lowest BCUT2D eigenvalue weighted by molar-refractivity contribution is 1.01. The Balaban J connectivity index is 2.23. The summed E-state index contributed by atoms with van der Waals surface area (Å²) in [5.74, 6) is 0. The topological polar surface area (TPSA) is 17.8 Å². The molecule has 0 atom stereocenters. The van der Waals surface area contributed by atoms with Crippen LogP contribution in [-0.4, -0.2) is 9.55 Å². The van der Waals surface area contributed by atoms with Crippen LogP contribution in [0.15, 0.2) is 55.0 Å². The number of aromatic nitrogens is 2. The van der Waals surface area contributed by atoms with Crippen molar-refractivity contribution >= 4 is 10.8 Å². The van der Waals surface area contributed by atoms with Crippen molar-refractivity contribution in [1.82, 2.24) is 9.55 Å². The minimum Gasteiger partial charge on any atom is -0.304 e. The van der Waals surface area contributed by atoms with Gasteiger partial charge >= 0.3 is 0 Å². The normalized spacial score (nSPS) is 10.8. The van der Waals surface area contributed by atoms with Gasteiger partial charge in [-0.2, -0.15) is 0 Å². The summed E-state index contributed by atoms with van der Waals surface area (Å²) in [6.07, 6.45) is 3.72. The van der Waals surface area contributed by atoms with E-state index >= 15 is 0 Å². The van der Waals surface area contributed by atoms with Crippen molar-refractivity contribution in [3.8, 4) is 5.69 Å². The molecule has 0 spiro atoms. The molecule has 3 rings (SSSR count). The maximum absolute atomic E-state index is 4.14. The molecule has 0 amide bonds. The molecule has 78 valence electrons. The van der Waals surface area contributed by atoms with E-state index in [1.54, 1.807) is 0 Å². The minimum absolute atomic E-state index is 1.15. The van der Waals surface area contributed by atoms with Gasteiger partial charge in [0.25, 0.3) is 0 Å². The summed E-state index contributed by atoms with van der Waals surface area (Å²) < 4.78 is 2.09. The molecule has 0 saturated heterocycles. The molecular weight excluding hydrogens is 196 g/mol. The lowest BCUT2D eigenvalue weighted by Crippen LogP contribution is -1.93. The predicted octanol–water partition coefficient (Wildman–Crippen LogP) is 3.33. The second-order valence-corrected chi connectivity index (χ2v) is 3.94. The molecule has 0 fully saturated rings. The highest BCUT2D eigenvalue weighted by atomic mass is 15.0. The Morgan fingerprint density at radius 2 is 1.81 bits per heavy atom. The monoisotopic (exact) mass is 208 g/mol. The second kappa shape index (κ2) is 3.49. The first kappa shape index (κ1) is 9.16. The lowest BCUT2D eigenvalue weighted by Gasteiger charge is -2.06. The van der Waals surface area contributed by atoms with Gasteiger partial charge in [0, 0.05) is 17.6 Å². The smallest absolute Gasteiger partial charge is 0.0994 e. The summed E-state index contributed by atoms with van der Waals surface area (Å²) >= 11 is 0. The summed E-state index contributed by atoms with van der Waals surface area (Å²) in [6, 6.07) is 14.8. The Labute approximate surface area is 94.2 Å². The predicted molar refractivity (Wildman–Crippen MR) is 65.8 cm³/mol. The molecule has 16 heavy (non-hydrogen) atoms. The van der Waals surface area contributed by atoms with Crippen LogP contribution in [0.4, 0.5) is 0 Å². The van der Waals surface area contributed by atoms with Gasteiger partial charge in [0.15, 0.2) is 0 Å². The number of benzene rings is 2. The third-order valence-electron chi connectivity index (χ3n) is 2.83. The first-order chi connectivity index (χ1) is 7.84. The van der Waals surface area contributed by atoms with Crippen molar-refractivity contribution in [2.45, 2.75) is 6.92 Å². The molecule has 0 radical (unpaired) electrons. The van der Waals surface area contributed by atoms with Crippen LogP contribution in [-0.2, 0) is 0 Å². The zero-order valence-corrected chi connectivity index (χ0v) is 9.09. The summed E-state index contributed by atoms with van der Waals surface area (Å²) in [4.78, 5) is 4.14. The number of aryl methyl sites for hydroxylation is 1. The van der Waals surface area contributed by atoms with Gasteiger partial charge in [0.1, 0.15) is 0 Å². The number of nitrogens with zero attached hydrogens (tertiary/aromatic N) is 2. The molecule has 0 aliphatic rings. The fourth-order valence-electron chi connectivity index (χ4n) is 1.96. The minimum atomic E-state index is 1.15. The van der Waals surface area contributed by atoms with Crippen LogP contribution in [0.3, 0.4) is 0 Å². The van der Waals surface area contributed by atoms with Gasteiger partial charge < -0.3 is 4.57 Å². The Morgan fingerprint density at radius 1 is 1.00 bits per heavy atom. The fourth-order valence-corrected chi connectivity index (χ4v) is 1.96. The van der Waals surface area contributed by atoms with Crippen molar-refractivity contribution in [2.24, 2.45) is 0 Å². The molecule has 2 heteroatoms. The third kappa shape index (κ3) is 1.39. The van der Waals surface area contributed by atoms with Gasteiger partial charge in [-0.25, -0.2) is 4.98 Å². The van der Waals surface area contributed by atoms with Crippen LogP contribution in [0, 0.1) is 6.92 Å². The first-order valence-corrected chi connectivity index (χ1v) is 5.33. The lowest BCUT2D eigenvalue weighted by atomic mass is 10.1. The number of rotatable bonds is 1. The Hall–Kier alpha value is -2.09. The first-order valence-electron chi connectivity index (χ1n) is 5.33. The molecule has 2 aromatic carbocycles. The van der Waals surface area contributed by atoms with Gasteiger partial charge in [0.2, 0.25) is 0 Å². The van der Waals surface area contributed by atoms with Crippen molar-refractivity contribution in [1.29, 1.82) is 0 Å². The molecule has 3 aromatic rings. The van der Waals surface area contributed by atoms with Gasteiger partial charge in [-0.3, -0.25) is 0 Å². The Kier molecular flexibility index (Phi) is 2.00. The molecule has 1 heterocycles. The Morgan fingerprint density at radius 3 is 2.56 bits per heavy atom. The molecule has 0 unspecified atom stereocenters. The second-order valence-electron chi connectivity index (χ2n) is 3.94. The SMILES string of the molecule is Cc1cncn1-c1ccc2ccccc2c1. The highest BCUT2D eigenvalue weighted by molar-refractivity contribution is 5.84. The average Bonchev–Trinajstić information content (AvgIpc) is 2.75. The standard InChI is InChI=1S/C14H12N2/c1-11-9-15-10-16(11)14-7-6-12-4-2-3-5-13(12)8-14/h2-10H,1H3. The van der Waals surface area contributed by atoms with Gasteiger partial charge in [0.05, 0.1) is 6.33 Å². The van der Waals surface area contributed by atoms with E-state index in [1.165, 1.54) is 10.8 Å². The molecule has 0 aliphatic carbocycles. The third-order valence-corrected chi connectivity index (χ3v) is 2.83. The van der Waals surface area contributed by atoms with E-state index in [4.69, 9.17) is 0 Å². The number of imidazole rings is 1. The number of hydrogen-bond donors (Lipinski definition) is 0. The molecule has 0 N–H and O–H groups in total. The summed E-state index contributed by atoms with van der Waals surface area (Å²) in [5.41, 5.74) is 2.31. The fraction of sp³-hybridized carbons (Fsp3) is 0.0714. The van der Waals surface area contributed by atoms with Gasteiger partial charge in [-0.15, -0.1) is 0 Å². The zero-order chi connectivity index (χ0) is 11.0. The summed E-state index contributed by atoms with van der Waals surface area (Å²) in [5, 5.41) is 2.53. The molecule has 2 nitrogen and oxygen atoms in total. The van der Waals surface area contributed by atoms with Crippen molar-refractivity contribution < 1.29 is 0 Å². The van der Waals surface area contributed by atoms with E-state index < -0.39 is 0 Å². The summed E-state index contributed by atoms with van der Waals surface area (Å²) in [7, 11) is 0. The number of fused-ring (bicyclic) bond motifs is 1. The van der Waals surface area contributed by atoms with E-state index in [0.29, 0.717) is 0 Å².